The van der Waals surface area contributed by atoms with Crippen LogP contribution >= 0.6 is 0 Å². The van der Waals surface area contributed by atoms with Crippen LogP contribution in [0, 0.1) is 17.8 Å². The molecule has 1 aromatic rings. The largest absolute Gasteiger partial charge is 0.452 e. The van der Waals surface area contributed by atoms with E-state index in [0.29, 0.717) is 43.9 Å². The zero-order chi connectivity index (χ0) is 23.2. The maximum absolute atomic E-state index is 13.0. The normalized spacial score (nSPS) is 32.0. The fourth-order valence-corrected chi connectivity index (χ4v) is 8.24. The molecule has 4 aliphatic carbocycles. The molecule has 1 N–H and O–H groups in total. The number of esters is 1. The first-order valence-electron chi connectivity index (χ1n) is 12.0. The van der Waals surface area contributed by atoms with E-state index in [1.165, 1.54) is 47.8 Å². The molecule has 5 fully saturated rings. The summed E-state index contributed by atoms with van der Waals surface area (Å²) >= 11 is 0. The van der Waals surface area contributed by atoms with E-state index in [1.807, 2.05) is 7.05 Å². The van der Waals surface area contributed by atoms with Crippen molar-refractivity contribution in [3.8, 4) is 0 Å². The first-order chi connectivity index (χ1) is 15.7. The third kappa shape index (κ3) is 4.68. The van der Waals surface area contributed by atoms with Crippen molar-refractivity contribution in [1.29, 1.82) is 0 Å². The fourth-order valence-electron chi connectivity index (χ4n) is 6.77. The minimum atomic E-state index is -3.68. The standard InChI is InChI=1S/C24H33N3O5S/c1-26-5-7-27(8-6-26)33(30,31)21-4-2-3-20(12-21)23(29)32-16-22(28)25-24-13-17-9-18(14-24)11-19(10-17)15-24/h2-4,12,17-19H,5-11,13-16H2,1H3,(H,25,28). The molecule has 0 aromatic heterocycles. The number of hydrogen-bond donors (Lipinski definition) is 1. The Morgan fingerprint density at radius 3 is 2.24 bits per heavy atom. The maximum atomic E-state index is 13.0. The second kappa shape index (κ2) is 8.67. The predicted molar refractivity (Wildman–Crippen MR) is 122 cm³/mol. The molecule has 5 aliphatic rings. The molecule has 1 saturated heterocycles. The molecule has 6 rings (SSSR count). The molecule has 8 nitrogen and oxygen atoms in total. The summed E-state index contributed by atoms with van der Waals surface area (Å²) in [5.41, 5.74) is 0.00202. The lowest BCUT2D eigenvalue weighted by Crippen LogP contribution is -2.60. The Hall–Kier alpha value is -1.97. The third-order valence-electron chi connectivity index (χ3n) is 7.95. The smallest absolute Gasteiger partial charge is 0.338 e. The van der Waals surface area contributed by atoms with Crippen molar-refractivity contribution >= 4 is 21.9 Å². The summed E-state index contributed by atoms with van der Waals surface area (Å²) in [6.45, 7) is 1.81. The molecule has 33 heavy (non-hydrogen) atoms. The lowest BCUT2D eigenvalue weighted by atomic mass is 9.53. The molecular formula is C24H33N3O5S. The Morgan fingerprint density at radius 1 is 1.03 bits per heavy atom. The van der Waals surface area contributed by atoms with Gasteiger partial charge in [0.05, 0.1) is 10.5 Å². The van der Waals surface area contributed by atoms with Gasteiger partial charge >= 0.3 is 5.97 Å². The second-order valence-corrected chi connectivity index (χ2v) is 12.5. The minimum Gasteiger partial charge on any atom is -0.452 e. The number of rotatable bonds is 6. The van der Waals surface area contributed by atoms with E-state index in [1.54, 1.807) is 0 Å². The van der Waals surface area contributed by atoms with E-state index >= 15 is 0 Å². The first kappa shape index (κ1) is 22.8. The number of carbonyl (C=O) groups is 2. The summed E-state index contributed by atoms with van der Waals surface area (Å²) in [6, 6.07) is 5.88. The SMILES string of the molecule is CN1CCN(S(=O)(=O)c2cccc(C(=O)OCC(=O)NC34CC5CC(CC(C5)C3)C4)c2)CC1. The fraction of sp³-hybridized carbons (Fsp3) is 0.667. The Bertz CT molecular complexity index is 997. The monoisotopic (exact) mass is 475 g/mol. The average Bonchev–Trinajstić information content (AvgIpc) is 2.76. The highest BCUT2D eigenvalue weighted by Crippen LogP contribution is 2.55. The van der Waals surface area contributed by atoms with Crippen molar-refractivity contribution < 1.29 is 22.7 Å². The zero-order valence-corrected chi connectivity index (χ0v) is 20.0. The van der Waals surface area contributed by atoms with Crippen LogP contribution in [-0.4, -0.2) is 74.9 Å². The van der Waals surface area contributed by atoms with Gasteiger partial charge < -0.3 is 15.0 Å². The molecule has 4 saturated carbocycles. The number of nitrogens with zero attached hydrogens (tertiary/aromatic N) is 2. The zero-order valence-electron chi connectivity index (χ0n) is 19.2. The summed E-state index contributed by atoms with van der Waals surface area (Å²) in [7, 11) is -1.73. The summed E-state index contributed by atoms with van der Waals surface area (Å²) in [5, 5.41) is 3.19. The number of hydrogen-bond acceptors (Lipinski definition) is 6. The van der Waals surface area contributed by atoms with Crippen LogP contribution in [0.4, 0.5) is 0 Å². The van der Waals surface area contributed by atoms with Gasteiger partial charge in [0, 0.05) is 31.7 Å². The van der Waals surface area contributed by atoms with Crippen molar-refractivity contribution in [3.05, 3.63) is 29.8 Å². The number of nitrogens with one attached hydrogen (secondary N) is 1. The van der Waals surface area contributed by atoms with Crippen LogP contribution in [0.25, 0.3) is 0 Å². The molecule has 1 aromatic carbocycles. The van der Waals surface area contributed by atoms with Crippen LogP contribution in [0.5, 0.6) is 0 Å². The number of ether oxygens (including phenoxy) is 1. The molecule has 0 spiro atoms. The van der Waals surface area contributed by atoms with E-state index in [-0.39, 0.29) is 28.5 Å². The van der Waals surface area contributed by atoms with Crippen molar-refractivity contribution in [1.82, 2.24) is 14.5 Å². The van der Waals surface area contributed by atoms with Crippen LogP contribution in [0.1, 0.15) is 48.9 Å². The molecule has 1 heterocycles. The highest BCUT2D eigenvalue weighted by Gasteiger charge is 2.51. The highest BCUT2D eigenvalue weighted by atomic mass is 32.2. The van der Waals surface area contributed by atoms with E-state index < -0.39 is 16.0 Å². The maximum Gasteiger partial charge on any atom is 0.338 e. The van der Waals surface area contributed by atoms with Gasteiger partial charge in [-0.25, -0.2) is 13.2 Å². The second-order valence-electron chi connectivity index (χ2n) is 10.6. The topological polar surface area (TPSA) is 96.0 Å². The van der Waals surface area contributed by atoms with E-state index in [2.05, 4.69) is 10.2 Å². The third-order valence-corrected chi connectivity index (χ3v) is 9.84. The Morgan fingerprint density at radius 2 is 1.64 bits per heavy atom. The van der Waals surface area contributed by atoms with Crippen LogP contribution in [0.3, 0.4) is 0 Å². The van der Waals surface area contributed by atoms with Gasteiger partial charge in [-0.05, 0) is 81.5 Å². The van der Waals surface area contributed by atoms with Crippen LogP contribution in [-0.2, 0) is 19.6 Å². The van der Waals surface area contributed by atoms with Gasteiger partial charge in [-0.15, -0.1) is 0 Å². The van der Waals surface area contributed by atoms with E-state index in [4.69, 9.17) is 4.74 Å². The van der Waals surface area contributed by atoms with Gasteiger partial charge in [-0.3, -0.25) is 4.79 Å². The van der Waals surface area contributed by atoms with Crippen LogP contribution in [0.2, 0.25) is 0 Å². The number of likely N-dealkylation sites (N-methyl/N-ethyl adjacent to an activating group) is 1. The molecule has 1 aliphatic heterocycles. The molecule has 9 heteroatoms. The lowest BCUT2D eigenvalue weighted by molar-refractivity contribution is -0.130. The summed E-state index contributed by atoms with van der Waals surface area (Å²) in [6.07, 6.45) is 6.97. The molecule has 4 bridgehead atoms. The Kier molecular flexibility index (Phi) is 5.99. The summed E-state index contributed by atoms with van der Waals surface area (Å²) in [4.78, 5) is 27.4. The summed E-state index contributed by atoms with van der Waals surface area (Å²) in [5.74, 6) is 1.18. The van der Waals surface area contributed by atoms with Crippen LogP contribution in [0.15, 0.2) is 29.2 Å². The van der Waals surface area contributed by atoms with E-state index in [0.717, 1.165) is 19.3 Å². The number of piperazine rings is 1. The minimum absolute atomic E-state index is 0.0690. The van der Waals surface area contributed by atoms with Gasteiger partial charge in [-0.2, -0.15) is 4.31 Å². The molecule has 0 radical (unpaired) electrons. The number of carbonyl (C=O) groups excluding carboxylic acids is 2. The average molecular weight is 476 g/mol. The molecule has 180 valence electrons. The van der Waals surface area contributed by atoms with Crippen molar-refractivity contribution in [2.24, 2.45) is 17.8 Å². The first-order valence-corrected chi connectivity index (χ1v) is 13.4. The number of sulfonamides is 1. The van der Waals surface area contributed by atoms with Gasteiger partial charge in [-0.1, -0.05) is 6.07 Å². The molecule has 0 unspecified atom stereocenters. The van der Waals surface area contributed by atoms with Gasteiger partial charge in [0.25, 0.3) is 5.91 Å². The van der Waals surface area contributed by atoms with Crippen molar-refractivity contribution in [3.63, 3.8) is 0 Å². The lowest BCUT2D eigenvalue weighted by Gasteiger charge is -2.56. The van der Waals surface area contributed by atoms with Crippen molar-refractivity contribution in [2.75, 3.05) is 39.8 Å². The van der Waals surface area contributed by atoms with Crippen molar-refractivity contribution in [2.45, 2.75) is 49.0 Å². The molecule has 1 amide bonds. The Balaban J connectivity index is 1.19. The van der Waals surface area contributed by atoms with E-state index in [9.17, 15) is 18.0 Å². The highest BCUT2D eigenvalue weighted by molar-refractivity contribution is 7.89. The van der Waals surface area contributed by atoms with Crippen LogP contribution < -0.4 is 5.32 Å². The predicted octanol–water partition coefficient (Wildman–Crippen LogP) is 1.86. The van der Waals surface area contributed by atoms with Gasteiger partial charge in [0.2, 0.25) is 10.0 Å². The number of benzene rings is 1. The molecule has 0 atom stereocenters. The quantitative estimate of drug-likeness (QED) is 0.631. The Labute approximate surface area is 195 Å². The van der Waals surface area contributed by atoms with Gasteiger partial charge in [0.15, 0.2) is 6.61 Å². The summed E-state index contributed by atoms with van der Waals surface area (Å²) < 4.78 is 32.7. The molecular weight excluding hydrogens is 442 g/mol. The van der Waals surface area contributed by atoms with Gasteiger partial charge in [0.1, 0.15) is 0 Å². The number of amides is 1.